The molecule has 0 aliphatic carbocycles. The predicted molar refractivity (Wildman–Crippen MR) is 230 cm³/mol. The highest BCUT2D eigenvalue weighted by Gasteiger charge is 2.17. The lowest BCUT2D eigenvalue weighted by Crippen LogP contribution is -1.97. The van der Waals surface area contributed by atoms with Gasteiger partial charge in [0.1, 0.15) is 0 Å². The second-order valence-electron chi connectivity index (χ2n) is 14.1. The fraction of sp³-hybridized carbons (Fsp3) is 0. The van der Waals surface area contributed by atoms with Gasteiger partial charge in [-0.05, 0) is 77.9 Å². The minimum absolute atomic E-state index is 0.703. The number of benzene rings is 7. The number of hydrogen-bond donors (Lipinski definition) is 0. The zero-order valence-corrected chi connectivity index (χ0v) is 30.3. The summed E-state index contributed by atoms with van der Waals surface area (Å²) in [5, 5.41) is 3.60. The van der Waals surface area contributed by atoms with Crippen LogP contribution in [0.2, 0.25) is 0 Å². The van der Waals surface area contributed by atoms with Gasteiger partial charge in [0.2, 0.25) is 0 Å². The van der Waals surface area contributed by atoms with E-state index < -0.39 is 0 Å². The fourth-order valence-corrected chi connectivity index (χ4v) is 8.14. The SMILES string of the molecule is c1ccc(-c2cc(-c3ccc(-n4c5cc(-c6ccc7c8ccccc8n(-c8ccccc8)c7c6)ccc5c5ncccc54)cc3)nc(-c3ccccc3)n2)cc1. The van der Waals surface area contributed by atoms with E-state index in [4.69, 9.17) is 15.0 Å². The standard InChI is InChI=1S/C51H33N5/c1-4-13-34(14-5-1)44-33-45(54-51(53-44)36-15-6-2-7-16-36)35-22-26-40(27-23-35)56-47-21-12-30-52-50(47)43-29-25-38(32-49(43)56)37-24-28-42-41-19-10-11-20-46(41)55(48(42)31-37)39-17-8-3-9-18-39/h1-33H. The Morgan fingerprint density at radius 3 is 1.54 bits per heavy atom. The van der Waals surface area contributed by atoms with E-state index in [-0.39, 0.29) is 0 Å². The summed E-state index contributed by atoms with van der Waals surface area (Å²) in [6.07, 6.45) is 1.88. The quantitative estimate of drug-likeness (QED) is 0.172. The molecule has 7 aromatic carbocycles. The maximum Gasteiger partial charge on any atom is 0.160 e. The molecule has 0 aliphatic heterocycles. The predicted octanol–water partition coefficient (Wildman–Crippen LogP) is 12.7. The van der Waals surface area contributed by atoms with Crippen LogP contribution in [0, 0.1) is 0 Å². The van der Waals surface area contributed by atoms with E-state index in [0.717, 1.165) is 72.5 Å². The first-order valence-electron chi connectivity index (χ1n) is 18.9. The van der Waals surface area contributed by atoms with Crippen LogP contribution < -0.4 is 0 Å². The second-order valence-corrected chi connectivity index (χ2v) is 14.1. The van der Waals surface area contributed by atoms with Gasteiger partial charge in [-0.25, -0.2) is 9.97 Å². The highest BCUT2D eigenvalue weighted by atomic mass is 15.0. The third-order valence-electron chi connectivity index (χ3n) is 10.8. The molecular weight excluding hydrogens is 683 g/mol. The Hall–Kier alpha value is -7.63. The summed E-state index contributed by atoms with van der Waals surface area (Å²) in [5.41, 5.74) is 14.9. The van der Waals surface area contributed by atoms with Crippen molar-refractivity contribution < 1.29 is 0 Å². The summed E-state index contributed by atoms with van der Waals surface area (Å²) in [4.78, 5) is 14.9. The zero-order chi connectivity index (χ0) is 37.0. The van der Waals surface area contributed by atoms with Crippen molar-refractivity contribution in [2.24, 2.45) is 0 Å². The monoisotopic (exact) mass is 715 g/mol. The Kier molecular flexibility index (Phi) is 7.42. The average molecular weight is 716 g/mol. The fourth-order valence-electron chi connectivity index (χ4n) is 8.14. The molecule has 0 unspecified atom stereocenters. The normalized spacial score (nSPS) is 11.6. The maximum absolute atomic E-state index is 5.07. The average Bonchev–Trinajstić information content (AvgIpc) is 3.79. The van der Waals surface area contributed by atoms with Crippen LogP contribution in [0.4, 0.5) is 0 Å². The zero-order valence-electron chi connectivity index (χ0n) is 30.3. The van der Waals surface area contributed by atoms with Gasteiger partial charge >= 0.3 is 0 Å². The Morgan fingerprint density at radius 1 is 0.321 bits per heavy atom. The lowest BCUT2D eigenvalue weighted by Gasteiger charge is -2.12. The van der Waals surface area contributed by atoms with E-state index in [1.165, 1.54) is 21.8 Å². The molecule has 0 radical (unpaired) electrons. The molecule has 0 saturated carbocycles. The van der Waals surface area contributed by atoms with E-state index >= 15 is 0 Å². The molecular formula is C51H33N5. The van der Waals surface area contributed by atoms with Crippen molar-refractivity contribution >= 4 is 43.7 Å². The van der Waals surface area contributed by atoms with E-state index in [9.17, 15) is 0 Å². The summed E-state index contributed by atoms with van der Waals surface area (Å²) >= 11 is 0. The van der Waals surface area contributed by atoms with Crippen LogP contribution in [-0.2, 0) is 0 Å². The molecule has 56 heavy (non-hydrogen) atoms. The molecule has 0 aliphatic rings. The van der Waals surface area contributed by atoms with Gasteiger partial charge in [-0.15, -0.1) is 0 Å². The van der Waals surface area contributed by atoms with E-state index in [1.54, 1.807) is 0 Å². The molecule has 0 bridgehead atoms. The minimum atomic E-state index is 0.703. The van der Waals surface area contributed by atoms with Crippen LogP contribution in [0.15, 0.2) is 200 Å². The van der Waals surface area contributed by atoms with Gasteiger partial charge in [0.15, 0.2) is 5.82 Å². The van der Waals surface area contributed by atoms with Gasteiger partial charge in [0, 0.05) is 50.4 Å². The molecule has 5 nitrogen and oxygen atoms in total. The number of aromatic nitrogens is 5. The van der Waals surface area contributed by atoms with Crippen molar-refractivity contribution in [2.45, 2.75) is 0 Å². The first-order chi connectivity index (χ1) is 27.8. The Bertz CT molecular complexity index is 3160. The van der Waals surface area contributed by atoms with Gasteiger partial charge in [-0.1, -0.05) is 127 Å². The van der Waals surface area contributed by atoms with Gasteiger partial charge in [-0.3, -0.25) is 4.98 Å². The lowest BCUT2D eigenvalue weighted by atomic mass is 10.0. The van der Waals surface area contributed by atoms with Crippen molar-refractivity contribution in [1.29, 1.82) is 0 Å². The summed E-state index contributed by atoms with van der Waals surface area (Å²) < 4.78 is 4.70. The van der Waals surface area contributed by atoms with Crippen LogP contribution in [0.3, 0.4) is 0 Å². The van der Waals surface area contributed by atoms with E-state index in [0.29, 0.717) is 5.82 Å². The highest BCUT2D eigenvalue weighted by Crippen LogP contribution is 2.38. The number of nitrogens with zero attached hydrogens (tertiary/aromatic N) is 5. The molecule has 0 spiro atoms. The van der Waals surface area contributed by atoms with E-state index in [1.807, 2.05) is 48.7 Å². The highest BCUT2D eigenvalue weighted by molar-refractivity contribution is 6.11. The van der Waals surface area contributed by atoms with Crippen LogP contribution in [0.25, 0.3) is 100 Å². The third kappa shape index (κ3) is 5.29. The smallest absolute Gasteiger partial charge is 0.160 e. The molecule has 5 heteroatoms. The summed E-state index contributed by atoms with van der Waals surface area (Å²) in [5.74, 6) is 0.703. The molecule has 11 aromatic rings. The topological polar surface area (TPSA) is 48.5 Å². The number of para-hydroxylation sites is 2. The second kappa shape index (κ2) is 13.0. The summed E-state index contributed by atoms with van der Waals surface area (Å²) in [6, 6.07) is 68.3. The Morgan fingerprint density at radius 2 is 0.821 bits per heavy atom. The molecule has 4 heterocycles. The number of rotatable bonds is 6. The molecule has 4 aromatic heterocycles. The maximum atomic E-state index is 5.07. The summed E-state index contributed by atoms with van der Waals surface area (Å²) in [6.45, 7) is 0. The Balaban J connectivity index is 1.04. The van der Waals surface area contributed by atoms with Crippen molar-refractivity contribution in [2.75, 3.05) is 0 Å². The lowest BCUT2D eigenvalue weighted by molar-refractivity contribution is 1.17. The minimum Gasteiger partial charge on any atom is -0.309 e. The van der Waals surface area contributed by atoms with Crippen LogP contribution in [0.1, 0.15) is 0 Å². The number of fused-ring (bicyclic) bond motifs is 6. The first kappa shape index (κ1) is 31.9. The van der Waals surface area contributed by atoms with Crippen LogP contribution in [0.5, 0.6) is 0 Å². The van der Waals surface area contributed by atoms with Gasteiger partial charge in [0.05, 0.1) is 39.0 Å². The summed E-state index contributed by atoms with van der Waals surface area (Å²) in [7, 11) is 0. The third-order valence-corrected chi connectivity index (χ3v) is 10.8. The van der Waals surface area contributed by atoms with Gasteiger partial charge in [0.25, 0.3) is 0 Å². The Labute approximate surface area is 323 Å². The van der Waals surface area contributed by atoms with Crippen LogP contribution >= 0.6 is 0 Å². The van der Waals surface area contributed by atoms with Gasteiger partial charge < -0.3 is 9.13 Å². The number of pyridine rings is 1. The molecule has 0 saturated heterocycles. The molecule has 0 N–H and O–H groups in total. The van der Waals surface area contributed by atoms with Gasteiger partial charge in [-0.2, -0.15) is 0 Å². The van der Waals surface area contributed by atoms with Crippen molar-refractivity contribution in [3.8, 4) is 56.4 Å². The molecule has 0 fully saturated rings. The van der Waals surface area contributed by atoms with E-state index in [2.05, 4.69) is 161 Å². The molecule has 0 amide bonds. The first-order valence-corrected chi connectivity index (χ1v) is 18.9. The van der Waals surface area contributed by atoms with Crippen LogP contribution in [-0.4, -0.2) is 24.1 Å². The van der Waals surface area contributed by atoms with Crippen molar-refractivity contribution in [3.05, 3.63) is 200 Å². The molecule has 262 valence electrons. The largest absolute Gasteiger partial charge is 0.309 e. The van der Waals surface area contributed by atoms with Crippen molar-refractivity contribution in [3.63, 3.8) is 0 Å². The number of hydrogen-bond acceptors (Lipinski definition) is 3. The molecule has 0 atom stereocenters. The van der Waals surface area contributed by atoms with Crippen molar-refractivity contribution in [1.82, 2.24) is 24.1 Å². The molecule has 11 rings (SSSR count).